The van der Waals surface area contributed by atoms with Gasteiger partial charge in [-0.2, -0.15) is 12.6 Å². The van der Waals surface area contributed by atoms with Gasteiger partial charge in [0, 0.05) is 11.7 Å². The Morgan fingerprint density at radius 1 is 1.00 bits per heavy atom. The van der Waals surface area contributed by atoms with Crippen LogP contribution in [0.1, 0.15) is 71.6 Å². The van der Waals surface area contributed by atoms with Gasteiger partial charge in [0.15, 0.2) is 5.79 Å². The van der Waals surface area contributed by atoms with Crippen LogP contribution in [-0.2, 0) is 0 Å². The highest BCUT2D eigenvalue weighted by atomic mass is 32.1. The predicted octanol–water partition coefficient (Wildman–Crippen LogP) is 3.52. The van der Waals surface area contributed by atoms with Gasteiger partial charge in [0.05, 0.1) is 0 Å². The summed E-state index contributed by atoms with van der Waals surface area (Å²) in [5.41, 5.74) is 0. The van der Waals surface area contributed by atoms with Crippen LogP contribution in [-0.4, -0.2) is 21.3 Å². The number of unbranched alkanes of at least 4 members (excludes halogenated alkanes) is 4. The fourth-order valence-electron chi connectivity index (χ4n) is 1.78. The molecule has 0 spiro atoms. The van der Waals surface area contributed by atoms with E-state index in [-0.39, 0.29) is 0 Å². The van der Waals surface area contributed by atoms with E-state index >= 15 is 0 Å². The van der Waals surface area contributed by atoms with Crippen LogP contribution in [0.4, 0.5) is 0 Å². The molecule has 0 aromatic carbocycles. The molecular weight excluding hydrogens is 220 g/mol. The summed E-state index contributed by atoms with van der Waals surface area (Å²) in [7, 11) is 0. The molecule has 1 atom stereocenters. The van der Waals surface area contributed by atoms with Crippen LogP contribution in [0.15, 0.2) is 0 Å². The van der Waals surface area contributed by atoms with E-state index < -0.39 is 5.79 Å². The Bertz CT molecular complexity index is 155. The van der Waals surface area contributed by atoms with E-state index in [0.29, 0.717) is 11.7 Å². The molecule has 0 aliphatic carbocycles. The monoisotopic (exact) mass is 248 g/mol. The van der Waals surface area contributed by atoms with Crippen molar-refractivity contribution >= 4 is 12.6 Å². The Balaban J connectivity index is 3.20. The van der Waals surface area contributed by atoms with E-state index in [1.165, 1.54) is 45.4 Å². The van der Waals surface area contributed by atoms with Crippen LogP contribution in [0.2, 0.25) is 0 Å². The van der Waals surface area contributed by atoms with Gasteiger partial charge >= 0.3 is 0 Å². The van der Waals surface area contributed by atoms with Crippen LogP contribution in [0, 0.1) is 0 Å². The Labute approximate surface area is 106 Å². The number of hydrogen-bond acceptors (Lipinski definition) is 3. The van der Waals surface area contributed by atoms with Crippen molar-refractivity contribution in [2.45, 2.75) is 82.7 Å². The zero-order valence-corrected chi connectivity index (χ0v) is 11.7. The number of hydrogen-bond donors (Lipinski definition) is 3. The van der Waals surface area contributed by atoms with Crippen molar-refractivity contribution in [3.63, 3.8) is 0 Å². The summed E-state index contributed by atoms with van der Waals surface area (Å²) < 4.78 is 0. The number of aliphatic hydroxyl groups is 2. The van der Waals surface area contributed by atoms with Gasteiger partial charge in [-0.05, 0) is 26.2 Å². The van der Waals surface area contributed by atoms with Crippen molar-refractivity contribution in [3.05, 3.63) is 0 Å². The molecule has 98 valence electrons. The van der Waals surface area contributed by atoms with Gasteiger partial charge in [0.2, 0.25) is 0 Å². The zero-order valence-electron chi connectivity index (χ0n) is 10.8. The summed E-state index contributed by atoms with van der Waals surface area (Å²) in [5, 5.41) is 18.8. The fraction of sp³-hybridized carbons (Fsp3) is 1.00. The lowest BCUT2D eigenvalue weighted by atomic mass is 10.0. The first kappa shape index (κ1) is 16.3. The maximum absolute atomic E-state index is 9.10. The minimum atomic E-state index is -1.48. The van der Waals surface area contributed by atoms with Gasteiger partial charge in [-0.15, -0.1) is 0 Å². The second-order valence-electron chi connectivity index (χ2n) is 4.97. The van der Waals surface area contributed by atoms with Gasteiger partial charge in [-0.1, -0.05) is 39.0 Å². The first-order valence-electron chi connectivity index (χ1n) is 6.58. The topological polar surface area (TPSA) is 40.5 Å². The SMILES string of the molecule is CCCCC(S)CCCCCCC(C)(O)O. The molecule has 2 N–H and O–H groups in total. The molecular formula is C13H28O2S. The van der Waals surface area contributed by atoms with E-state index in [1.807, 2.05) is 0 Å². The van der Waals surface area contributed by atoms with Crippen molar-refractivity contribution in [1.29, 1.82) is 0 Å². The molecule has 0 aromatic rings. The molecule has 0 bridgehead atoms. The molecule has 0 aliphatic heterocycles. The average molecular weight is 248 g/mol. The number of rotatable bonds is 10. The van der Waals surface area contributed by atoms with Gasteiger partial charge in [0.25, 0.3) is 0 Å². The molecule has 0 amide bonds. The third-order valence-corrected chi connectivity index (χ3v) is 3.35. The molecule has 1 unspecified atom stereocenters. The lowest BCUT2D eigenvalue weighted by Crippen LogP contribution is -2.22. The maximum atomic E-state index is 9.10. The summed E-state index contributed by atoms with van der Waals surface area (Å²) in [4.78, 5) is 0. The average Bonchev–Trinajstić information content (AvgIpc) is 2.18. The Morgan fingerprint density at radius 2 is 1.56 bits per heavy atom. The van der Waals surface area contributed by atoms with Crippen molar-refractivity contribution in [3.8, 4) is 0 Å². The van der Waals surface area contributed by atoms with E-state index in [1.54, 1.807) is 0 Å². The predicted molar refractivity (Wildman–Crippen MR) is 72.8 cm³/mol. The standard InChI is InChI=1S/C13H28O2S/c1-3-4-9-12(16)10-7-5-6-8-11-13(2,14)15/h12,14-16H,3-11H2,1-2H3. The zero-order chi connectivity index (χ0) is 12.4. The molecule has 0 saturated heterocycles. The van der Waals surface area contributed by atoms with Crippen LogP contribution in [0.25, 0.3) is 0 Å². The van der Waals surface area contributed by atoms with Crippen LogP contribution in [0.5, 0.6) is 0 Å². The van der Waals surface area contributed by atoms with Crippen LogP contribution < -0.4 is 0 Å². The summed E-state index contributed by atoms with van der Waals surface area (Å²) >= 11 is 4.56. The third-order valence-electron chi connectivity index (χ3n) is 2.83. The van der Waals surface area contributed by atoms with Gasteiger partial charge in [-0.25, -0.2) is 0 Å². The summed E-state index contributed by atoms with van der Waals surface area (Å²) in [5.74, 6) is -1.48. The largest absolute Gasteiger partial charge is 0.366 e. The Kier molecular flexibility index (Phi) is 9.47. The molecule has 0 aromatic heterocycles. The van der Waals surface area contributed by atoms with E-state index in [9.17, 15) is 0 Å². The third kappa shape index (κ3) is 12.3. The molecule has 0 heterocycles. The van der Waals surface area contributed by atoms with Crippen molar-refractivity contribution in [2.24, 2.45) is 0 Å². The minimum Gasteiger partial charge on any atom is -0.366 e. The van der Waals surface area contributed by atoms with Gasteiger partial charge < -0.3 is 10.2 Å². The Morgan fingerprint density at radius 3 is 2.12 bits per heavy atom. The molecule has 16 heavy (non-hydrogen) atoms. The van der Waals surface area contributed by atoms with Gasteiger partial charge in [-0.3, -0.25) is 0 Å². The van der Waals surface area contributed by atoms with Crippen molar-refractivity contribution in [1.82, 2.24) is 0 Å². The van der Waals surface area contributed by atoms with E-state index in [2.05, 4.69) is 19.6 Å². The molecule has 0 fully saturated rings. The second-order valence-corrected chi connectivity index (χ2v) is 5.70. The highest BCUT2D eigenvalue weighted by Crippen LogP contribution is 2.17. The van der Waals surface area contributed by atoms with Crippen LogP contribution >= 0.6 is 12.6 Å². The first-order chi connectivity index (χ1) is 7.45. The van der Waals surface area contributed by atoms with E-state index in [4.69, 9.17) is 10.2 Å². The molecule has 0 aliphatic rings. The molecule has 3 heteroatoms. The summed E-state index contributed by atoms with van der Waals surface area (Å²) in [6, 6.07) is 0. The smallest absolute Gasteiger partial charge is 0.159 e. The van der Waals surface area contributed by atoms with Crippen molar-refractivity contribution < 1.29 is 10.2 Å². The quantitative estimate of drug-likeness (QED) is 0.314. The first-order valence-corrected chi connectivity index (χ1v) is 7.10. The molecule has 2 nitrogen and oxygen atoms in total. The molecule has 0 saturated carbocycles. The van der Waals surface area contributed by atoms with Crippen molar-refractivity contribution in [2.75, 3.05) is 0 Å². The minimum absolute atomic E-state index is 0.479. The molecule has 0 rings (SSSR count). The second kappa shape index (κ2) is 9.32. The summed E-state index contributed by atoms with van der Waals surface area (Å²) in [6.45, 7) is 3.66. The highest BCUT2D eigenvalue weighted by Gasteiger charge is 2.13. The highest BCUT2D eigenvalue weighted by molar-refractivity contribution is 7.80. The Hall–Kier alpha value is 0.270. The maximum Gasteiger partial charge on any atom is 0.159 e. The van der Waals surface area contributed by atoms with Gasteiger partial charge in [0.1, 0.15) is 0 Å². The number of thiol groups is 1. The van der Waals surface area contributed by atoms with Crippen LogP contribution in [0.3, 0.4) is 0 Å². The lowest BCUT2D eigenvalue weighted by molar-refractivity contribution is -0.150. The van der Waals surface area contributed by atoms with E-state index in [0.717, 1.165) is 12.8 Å². The normalized spacial score (nSPS) is 14.1. The summed E-state index contributed by atoms with van der Waals surface area (Å²) in [6.07, 6.45) is 9.81. The fourth-order valence-corrected chi connectivity index (χ4v) is 2.14. The molecule has 0 radical (unpaired) electrons. The lowest BCUT2D eigenvalue weighted by Gasteiger charge is -2.15.